The Bertz CT molecular complexity index is 835. The second kappa shape index (κ2) is 6.62. The van der Waals surface area contributed by atoms with Gasteiger partial charge in [-0.1, -0.05) is 35.9 Å². The third-order valence-corrected chi connectivity index (χ3v) is 3.88. The summed E-state index contributed by atoms with van der Waals surface area (Å²) in [4.78, 5) is 4.42. The molecule has 3 aromatic rings. The maximum atomic E-state index is 6.14. The lowest BCUT2D eigenvalue weighted by Crippen LogP contribution is -2.03. The normalized spacial score (nSPS) is 10.4. The zero-order valence-electron chi connectivity index (χ0n) is 12.8. The lowest BCUT2D eigenvalue weighted by Gasteiger charge is -2.11. The minimum atomic E-state index is 0.427. The van der Waals surface area contributed by atoms with Crippen LogP contribution in [-0.4, -0.2) is 15.2 Å². The molecule has 23 heavy (non-hydrogen) atoms. The predicted octanol–water partition coefficient (Wildman–Crippen LogP) is 4.63. The highest BCUT2D eigenvalue weighted by Gasteiger charge is 2.06. The van der Waals surface area contributed by atoms with E-state index in [1.165, 1.54) is 5.56 Å². The molecule has 1 heterocycles. The summed E-state index contributed by atoms with van der Waals surface area (Å²) < 4.78 is 0. The first-order chi connectivity index (χ1) is 11.1. The molecule has 0 atom stereocenters. The van der Waals surface area contributed by atoms with Gasteiger partial charge in [0.2, 0.25) is 5.95 Å². The fourth-order valence-corrected chi connectivity index (χ4v) is 2.31. The van der Waals surface area contributed by atoms with Crippen molar-refractivity contribution < 1.29 is 0 Å². The maximum absolute atomic E-state index is 6.14. The zero-order chi connectivity index (χ0) is 16.2. The number of aryl methyl sites for hydroxylation is 1. The molecular weight excluding hydrogens is 310 g/mol. The van der Waals surface area contributed by atoms with Crippen LogP contribution in [-0.2, 0) is 0 Å². The van der Waals surface area contributed by atoms with E-state index in [0.29, 0.717) is 16.8 Å². The molecule has 6 heteroatoms. The average molecular weight is 326 g/mol. The first-order valence-electron chi connectivity index (χ1n) is 7.18. The zero-order valence-corrected chi connectivity index (χ0v) is 13.6. The fourth-order valence-electron chi connectivity index (χ4n) is 2.12. The van der Waals surface area contributed by atoms with Gasteiger partial charge < -0.3 is 10.6 Å². The molecule has 0 saturated carbocycles. The van der Waals surface area contributed by atoms with Crippen molar-refractivity contribution >= 4 is 34.7 Å². The number of aromatic nitrogens is 3. The molecule has 0 saturated heterocycles. The van der Waals surface area contributed by atoms with E-state index in [4.69, 9.17) is 11.6 Å². The number of anilines is 4. The number of hydrogen-bond donors (Lipinski definition) is 2. The topological polar surface area (TPSA) is 62.7 Å². The number of para-hydroxylation sites is 1. The standard InChI is InChI=1S/C17H16ClN5/c1-11-6-5-9-14(12(11)2)21-17-22-16(10-19-23-17)20-15-8-4-3-7-13(15)18/h3-10H,1-2H3,(H2,20,21,22,23). The Morgan fingerprint density at radius 1 is 0.913 bits per heavy atom. The van der Waals surface area contributed by atoms with Gasteiger partial charge >= 0.3 is 0 Å². The molecule has 0 spiro atoms. The highest BCUT2D eigenvalue weighted by Crippen LogP contribution is 2.25. The van der Waals surface area contributed by atoms with Gasteiger partial charge in [0, 0.05) is 5.69 Å². The Hall–Kier alpha value is -2.66. The maximum Gasteiger partial charge on any atom is 0.249 e. The first kappa shape index (κ1) is 15.2. The molecule has 1 aromatic heterocycles. The van der Waals surface area contributed by atoms with E-state index >= 15 is 0 Å². The summed E-state index contributed by atoms with van der Waals surface area (Å²) in [7, 11) is 0. The number of benzene rings is 2. The van der Waals surface area contributed by atoms with Crippen molar-refractivity contribution in [2.24, 2.45) is 0 Å². The lowest BCUT2D eigenvalue weighted by atomic mass is 10.1. The van der Waals surface area contributed by atoms with Gasteiger partial charge in [-0.15, -0.1) is 5.10 Å². The minimum absolute atomic E-state index is 0.427. The van der Waals surface area contributed by atoms with Crippen molar-refractivity contribution in [1.29, 1.82) is 0 Å². The monoisotopic (exact) mass is 325 g/mol. The van der Waals surface area contributed by atoms with Crippen molar-refractivity contribution in [3.05, 3.63) is 64.8 Å². The van der Waals surface area contributed by atoms with E-state index < -0.39 is 0 Å². The molecule has 116 valence electrons. The van der Waals surface area contributed by atoms with Gasteiger partial charge in [-0.3, -0.25) is 0 Å². The molecule has 2 aromatic carbocycles. The highest BCUT2D eigenvalue weighted by molar-refractivity contribution is 6.33. The van der Waals surface area contributed by atoms with Crippen LogP contribution < -0.4 is 10.6 Å². The smallest absolute Gasteiger partial charge is 0.249 e. The number of rotatable bonds is 4. The van der Waals surface area contributed by atoms with Crippen molar-refractivity contribution in [3.63, 3.8) is 0 Å². The summed E-state index contributed by atoms with van der Waals surface area (Å²) in [6, 6.07) is 13.5. The van der Waals surface area contributed by atoms with E-state index in [0.717, 1.165) is 16.9 Å². The van der Waals surface area contributed by atoms with E-state index in [9.17, 15) is 0 Å². The van der Waals surface area contributed by atoms with Crippen LogP contribution in [0.2, 0.25) is 5.02 Å². The summed E-state index contributed by atoms with van der Waals surface area (Å²) in [5.74, 6) is 0.997. The molecule has 0 amide bonds. The first-order valence-corrected chi connectivity index (χ1v) is 7.56. The summed E-state index contributed by atoms with van der Waals surface area (Å²) >= 11 is 6.14. The second-order valence-electron chi connectivity index (χ2n) is 5.14. The van der Waals surface area contributed by atoms with Gasteiger partial charge in [0.1, 0.15) is 0 Å². The van der Waals surface area contributed by atoms with Gasteiger partial charge in [-0.25, -0.2) is 0 Å². The third-order valence-electron chi connectivity index (χ3n) is 3.55. The largest absolute Gasteiger partial charge is 0.338 e. The molecule has 0 unspecified atom stereocenters. The molecule has 3 rings (SSSR count). The number of nitrogens with zero attached hydrogens (tertiary/aromatic N) is 3. The van der Waals surface area contributed by atoms with Crippen molar-refractivity contribution in [2.45, 2.75) is 13.8 Å². The van der Waals surface area contributed by atoms with Crippen LogP contribution in [0.1, 0.15) is 11.1 Å². The molecule has 0 radical (unpaired) electrons. The number of halogens is 1. The van der Waals surface area contributed by atoms with Crippen molar-refractivity contribution in [1.82, 2.24) is 15.2 Å². The molecule has 0 aliphatic rings. The molecule has 0 bridgehead atoms. The molecule has 0 fully saturated rings. The van der Waals surface area contributed by atoms with Crippen molar-refractivity contribution in [3.8, 4) is 0 Å². The number of hydrogen-bond acceptors (Lipinski definition) is 5. The predicted molar refractivity (Wildman–Crippen MR) is 93.8 cm³/mol. The van der Waals surface area contributed by atoms with Crippen molar-refractivity contribution in [2.75, 3.05) is 10.6 Å². The van der Waals surface area contributed by atoms with Gasteiger partial charge in [0.25, 0.3) is 0 Å². The highest BCUT2D eigenvalue weighted by atomic mass is 35.5. The Balaban J connectivity index is 1.83. The van der Waals surface area contributed by atoms with Crippen LogP contribution in [0.5, 0.6) is 0 Å². The summed E-state index contributed by atoms with van der Waals surface area (Å²) in [5, 5.41) is 15.0. The van der Waals surface area contributed by atoms with Crippen LogP contribution in [0, 0.1) is 13.8 Å². The van der Waals surface area contributed by atoms with E-state index in [1.807, 2.05) is 36.4 Å². The third kappa shape index (κ3) is 3.57. The summed E-state index contributed by atoms with van der Waals surface area (Å²) in [6.45, 7) is 4.12. The lowest BCUT2D eigenvalue weighted by molar-refractivity contribution is 0.981. The fraction of sp³-hybridized carbons (Fsp3) is 0.118. The van der Waals surface area contributed by atoms with Crippen LogP contribution >= 0.6 is 11.6 Å². The Morgan fingerprint density at radius 2 is 1.70 bits per heavy atom. The van der Waals surface area contributed by atoms with E-state index in [2.05, 4.69) is 45.7 Å². The molecular formula is C17H16ClN5. The molecule has 0 aliphatic heterocycles. The second-order valence-corrected chi connectivity index (χ2v) is 5.55. The van der Waals surface area contributed by atoms with Gasteiger partial charge in [-0.2, -0.15) is 10.1 Å². The Morgan fingerprint density at radius 3 is 2.52 bits per heavy atom. The SMILES string of the molecule is Cc1cccc(Nc2nncc(Nc3ccccc3Cl)n2)c1C. The van der Waals surface area contributed by atoms with E-state index in [-0.39, 0.29) is 0 Å². The molecule has 2 N–H and O–H groups in total. The van der Waals surface area contributed by atoms with Crippen LogP contribution in [0.4, 0.5) is 23.1 Å². The van der Waals surface area contributed by atoms with Gasteiger partial charge in [0.05, 0.1) is 16.9 Å². The van der Waals surface area contributed by atoms with Crippen LogP contribution in [0.25, 0.3) is 0 Å². The average Bonchev–Trinajstić information content (AvgIpc) is 2.55. The Labute approximate surface area is 139 Å². The quantitative estimate of drug-likeness (QED) is 0.732. The molecule has 0 aliphatic carbocycles. The Kier molecular flexibility index (Phi) is 4.39. The van der Waals surface area contributed by atoms with Gasteiger partial charge in [0.15, 0.2) is 5.82 Å². The van der Waals surface area contributed by atoms with E-state index in [1.54, 1.807) is 6.20 Å². The van der Waals surface area contributed by atoms with Crippen LogP contribution in [0.15, 0.2) is 48.7 Å². The minimum Gasteiger partial charge on any atom is -0.338 e. The number of nitrogens with one attached hydrogen (secondary N) is 2. The molecule has 5 nitrogen and oxygen atoms in total. The van der Waals surface area contributed by atoms with Crippen LogP contribution in [0.3, 0.4) is 0 Å². The summed E-state index contributed by atoms with van der Waals surface area (Å²) in [6.07, 6.45) is 1.55. The van der Waals surface area contributed by atoms with Gasteiger partial charge in [-0.05, 0) is 43.2 Å². The summed E-state index contributed by atoms with van der Waals surface area (Å²) in [5.41, 5.74) is 4.09.